The molecule has 1 aliphatic heterocycles. The summed E-state index contributed by atoms with van der Waals surface area (Å²) in [6.07, 6.45) is -5.21. The second-order valence-electron chi connectivity index (χ2n) is 5.08. The van der Waals surface area contributed by atoms with Gasteiger partial charge in [0.1, 0.15) is 18.3 Å². The van der Waals surface area contributed by atoms with E-state index in [1.807, 2.05) is 0 Å². The summed E-state index contributed by atoms with van der Waals surface area (Å²) in [7, 11) is -4.80. The molecule has 0 amide bonds. The third-order valence-electron chi connectivity index (χ3n) is 3.46. The molecule has 2 aromatic heterocycles. The van der Waals surface area contributed by atoms with Gasteiger partial charge in [-0.3, -0.25) is 9.51 Å². The van der Waals surface area contributed by atoms with Crippen LogP contribution in [0.5, 0.6) is 0 Å². The molecule has 6 N–H and O–H groups in total. The van der Waals surface area contributed by atoms with Crippen LogP contribution in [-0.4, -0.2) is 59.5 Å². The predicted octanol–water partition coefficient (Wildman–Crippen LogP) is -1.75. The number of aromatic amines is 1. The number of nitrogen functional groups attached to an aromatic ring is 1. The summed E-state index contributed by atoms with van der Waals surface area (Å²) in [4.78, 5) is 35.1. The molecule has 0 bridgehead atoms. The highest BCUT2D eigenvalue weighted by Crippen LogP contribution is 2.40. The van der Waals surface area contributed by atoms with E-state index in [-0.39, 0.29) is 17.2 Å². The number of aliphatic hydroxyl groups excluding tert-OH is 1. The van der Waals surface area contributed by atoms with Crippen molar-refractivity contribution >= 4 is 19.4 Å². The minimum atomic E-state index is -4.80. The van der Waals surface area contributed by atoms with Crippen molar-refractivity contribution in [3.05, 3.63) is 22.2 Å². The fourth-order valence-corrected chi connectivity index (χ4v) is 2.74. The molecular weight excluding hydrogens is 352 g/mol. The number of H-pyrrole nitrogens is 1. The SMILES string of the molecule is Nc1nc2c(C3OC(COP(=O)(O)O)C(O)C3F)cnn2c(=O)[nH]1. The average Bonchev–Trinajstić information content (AvgIpc) is 3.00. The van der Waals surface area contributed by atoms with Gasteiger partial charge in [0.15, 0.2) is 11.8 Å². The van der Waals surface area contributed by atoms with E-state index in [4.69, 9.17) is 20.3 Å². The van der Waals surface area contributed by atoms with E-state index in [1.165, 1.54) is 0 Å². The Hall–Kier alpha value is -1.89. The highest BCUT2D eigenvalue weighted by Gasteiger charge is 2.46. The molecule has 0 radical (unpaired) electrons. The molecule has 1 saturated heterocycles. The van der Waals surface area contributed by atoms with Gasteiger partial charge in [0.2, 0.25) is 5.95 Å². The average molecular weight is 365 g/mol. The summed E-state index contributed by atoms with van der Waals surface area (Å²) in [5.41, 5.74) is 4.73. The molecule has 132 valence electrons. The fraction of sp³-hybridized carbons (Fsp3) is 0.500. The molecule has 4 unspecified atom stereocenters. The molecule has 12 nitrogen and oxygen atoms in total. The number of hydrogen-bond acceptors (Lipinski definition) is 8. The minimum Gasteiger partial charge on any atom is -0.387 e. The Balaban J connectivity index is 1.90. The van der Waals surface area contributed by atoms with Gasteiger partial charge in [-0.2, -0.15) is 14.6 Å². The normalized spacial score (nSPS) is 27.8. The van der Waals surface area contributed by atoms with Gasteiger partial charge in [-0.15, -0.1) is 0 Å². The van der Waals surface area contributed by atoms with Crippen molar-refractivity contribution in [2.45, 2.75) is 24.5 Å². The summed E-state index contributed by atoms with van der Waals surface area (Å²) >= 11 is 0. The molecule has 0 aromatic carbocycles. The summed E-state index contributed by atoms with van der Waals surface area (Å²) in [5.74, 6) is -0.218. The Labute approximate surface area is 132 Å². The lowest BCUT2D eigenvalue weighted by Gasteiger charge is -2.14. The Morgan fingerprint density at radius 3 is 2.92 bits per heavy atom. The summed E-state index contributed by atoms with van der Waals surface area (Å²) in [6, 6.07) is 0. The standard InChI is InChI=1S/C10H13FN5O7P/c11-5-6(17)4(2-22-24(19,20)21)23-7(5)3-1-13-16-8(3)14-9(12)15-10(16)18/h1,4-7,17H,2H2,(H2,19,20,21)(H3,12,14,15,18). The van der Waals surface area contributed by atoms with E-state index in [2.05, 4.69) is 19.6 Å². The van der Waals surface area contributed by atoms with Crippen LogP contribution in [0.1, 0.15) is 11.7 Å². The molecule has 3 heterocycles. The van der Waals surface area contributed by atoms with Gasteiger partial charge < -0.3 is 25.4 Å². The first-order valence-electron chi connectivity index (χ1n) is 6.58. The topological polar surface area (TPSA) is 185 Å². The number of anilines is 1. The molecule has 3 rings (SSSR count). The van der Waals surface area contributed by atoms with Crippen LogP contribution in [0.4, 0.5) is 10.3 Å². The lowest BCUT2D eigenvalue weighted by atomic mass is 10.1. The van der Waals surface area contributed by atoms with E-state index in [9.17, 15) is 18.9 Å². The van der Waals surface area contributed by atoms with Crippen LogP contribution in [-0.2, 0) is 13.8 Å². The maximum atomic E-state index is 14.3. The number of hydrogen-bond donors (Lipinski definition) is 5. The monoisotopic (exact) mass is 365 g/mol. The van der Waals surface area contributed by atoms with Crippen molar-refractivity contribution in [2.24, 2.45) is 0 Å². The van der Waals surface area contributed by atoms with Crippen LogP contribution in [0, 0.1) is 0 Å². The number of phosphoric acid groups is 1. The highest BCUT2D eigenvalue weighted by atomic mass is 31.2. The minimum absolute atomic E-state index is 0.0537. The number of phosphoric ester groups is 1. The third kappa shape index (κ3) is 3.05. The fourth-order valence-electron chi connectivity index (χ4n) is 2.40. The number of nitrogens with zero attached hydrogens (tertiary/aromatic N) is 3. The predicted molar refractivity (Wildman–Crippen MR) is 74.5 cm³/mol. The van der Waals surface area contributed by atoms with Crippen LogP contribution in [0.2, 0.25) is 0 Å². The lowest BCUT2D eigenvalue weighted by Crippen LogP contribution is -2.31. The highest BCUT2D eigenvalue weighted by molar-refractivity contribution is 7.46. The molecule has 14 heteroatoms. The van der Waals surface area contributed by atoms with Crippen molar-refractivity contribution in [2.75, 3.05) is 12.3 Å². The number of rotatable bonds is 4. The van der Waals surface area contributed by atoms with Crippen LogP contribution >= 0.6 is 7.82 Å². The van der Waals surface area contributed by atoms with Gasteiger partial charge in [0, 0.05) is 5.56 Å². The maximum Gasteiger partial charge on any atom is 0.469 e. The number of ether oxygens (including phenoxy) is 1. The first-order valence-corrected chi connectivity index (χ1v) is 8.11. The van der Waals surface area contributed by atoms with E-state index in [0.29, 0.717) is 0 Å². The number of aliphatic hydroxyl groups is 1. The van der Waals surface area contributed by atoms with Crippen molar-refractivity contribution in [3.8, 4) is 0 Å². The molecule has 1 fully saturated rings. The first kappa shape index (κ1) is 17.0. The van der Waals surface area contributed by atoms with Crippen LogP contribution in [0.15, 0.2) is 11.0 Å². The molecule has 2 aromatic rings. The maximum absolute atomic E-state index is 14.3. The zero-order valence-corrected chi connectivity index (χ0v) is 12.7. The summed E-state index contributed by atoms with van der Waals surface area (Å²) in [6.45, 7) is -0.724. The quantitative estimate of drug-likeness (QED) is 0.389. The zero-order chi connectivity index (χ0) is 17.6. The molecule has 1 aliphatic rings. The van der Waals surface area contributed by atoms with Crippen LogP contribution in [0.25, 0.3) is 5.65 Å². The van der Waals surface area contributed by atoms with E-state index >= 15 is 0 Å². The van der Waals surface area contributed by atoms with E-state index in [0.717, 1.165) is 10.7 Å². The number of aromatic nitrogens is 4. The Bertz CT molecular complexity index is 865. The largest absolute Gasteiger partial charge is 0.469 e. The number of fused-ring (bicyclic) bond motifs is 1. The van der Waals surface area contributed by atoms with Gasteiger partial charge >= 0.3 is 13.5 Å². The van der Waals surface area contributed by atoms with Crippen molar-refractivity contribution < 1.29 is 33.1 Å². The second kappa shape index (κ2) is 5.88. The number of alkyl halides is 1. The van der Waals surface area contributed by atoms with Crippen LogP contribution < -0.4 is 11.4 Å². The van der Waals surface area contributed by atoms with Crippen LogP contribution in [0.3, 0.4) is 0 Å². The molecule has 4 atom stereocenters. The summed E-state index contributed by atoms with van der Waals surface area (Å²) < 4.78 is 35.4. The van der Waals surface area contributed by atoms with Crippen molar-refractivity contribution in [1.82, 2.24) is 19.6 Å². The lowest BCUT2D eigenvalue weighted by molar-refractivity contribution is -0.0219. The second-order valence-corrected chi connectivity index (χ2v) is 6.32. The molecule has 0 spiro atoms. The first-order chi connectivity index (χ1) is 11.2. The van der Waals surface area contributed by atoms with Crippen molar-refractivity contribution in [1.29, 1.82) is 0 Å². The van der Waals surface area contributed by atoms with E-state index in [1.54, 1.807) is 0 Å². The Kier molecular flexibility index (Phi) is 4.15. The van der Waals surface area contributed by atoms with E-state index < -0.39 is 44.6 Å². The van der Waals surface area contributed by atoms with Gasteiger partial charge in [-0.25, -0.2) is 13.8 Å². The Morgan fingerprint density at radius 1 is 1.54 bits per heavy atom. The summed E-state index contributed by atoms with van der Waals surface area (Å²) in [5, 5.41) is 13.6. The van der Waals surface area contributed by atoms with Gasteiger partial charge in [0.05, 0.1) is 12.8 Å². The molecular formula is C10H13FN5O7P. The number of halogens is 1. The van der Waals surface area contributed by atoms with Gasteiger partial charge in [-0.1, -0.05) is 0 Å². The molecule has 0 aliphatic carbocycles. The smallest absolute Gasteiger partial charge is 0.387 e. The third-order valence-corrected chi connectivity index (χ3v) is 3.94. The van der Waals surface area contributed by atoms with Gasteiger partial charge in [0.25, 0.3) is 0 Å². The van der Waals surface area contributed by atoms with Gasteiger partial charge in [-0.05, 0) is 0 Å². The number of nitrogens with two attached hydrogens (primary N) is 1. The number of nitrogens with one attached hydrogen (secondary N) is 1. The Morgan fingerprint density at radius 2 is 2.25 bits per heavy atom. The zero-order valence-electron chi connectivity index (χ0n) is 11.8. The molecule has 24 heavy (non-hydrogen) atoms. The molecule has 0 saturated carbocycles. The van der Waals surface area contributed by atoms with Crippen molar-refractivity contribution in [3.63, 3.8) is 0 Å².